The molecule has 2 aromatic rings. The molecule has 0 spiro atoms. The van der Waals surface area contributed by atoms with E-state index < -0.39 is 0 Å². The summed E-state index contributed by atoms with van der Waals surface area (Å²) < 4.78 is 3.41. The number of hydrogen-bond acceptors (Lipinski definition) is 5. The second kappa shape index (κ2) is 8.39. The molecule has 0 saturated carbocycles. The number of piperazine rings is 1. The number of anilines is 2. The number of rotatable bonds is 4. The molecule has 0 aliphatic carbocycles. The van der Waals surface area contributed by atoms with Gasteiger partial charge in [0.2, 0.25) is 0 Å². The number of nitrogens with one attached hydrogen (secondary N) is 1. The van der Waals surface area contributed by atoms with E-state index in [1.54, 1.807) is 6.07 Å². The normalized spacial score (nSPS) is 15.3. The van der Waals surface area contributed by atoms with Crippen LogP contribution in [-0.2, 0) is 0 Å². The SMILES string of the molecule is Cc1cc(C)c(N2CCN(C)CC2)c(C)c1NSc1cc(Cl)cc(Cl)c1O. The smallest absolute Gasteiger partial charge is 0.149 e. The standard InChI is InChI=1S/C20H25Cl2N3OS/c1-12-9-13(2)19(25-7-5-24(4)6-8-25)14(3)18(12)23-27-17-11-15(21)10-16(22)20(17)26/h9-11,23,26H,5-8H2,1-4H3. The van der Waals surface area contributed by atoms with Gasteiger partial charge in [-0.3, -0.25) is 0 Å². The highest BCUT2D eigenvalue weighted by Crippen LogP contribution is 2.40. The van der Waals surface area contributed by atoms with Crippen molar-refractivity contribution in [2.24, 2.45) is 0 Å². The predicted molar refractivity (Wildman–Crippen MR) is 118 cm³/mol. The minimum absolute atomic E-state index is 0.0419. The zero-order valence-electron chi connectivity index (χ0n) is 16.1. The Hall–Kier alpha value is -1.27. The van der Waals surface area contributed by atoms with Crippen molar-refractivity contribution in [2.45, 2.75) is 25.7 Å². The number of phenols is 1. The van der Waals surface area contributed by atoms with Crippen molar-refractivity contribution >= 4 is 46.5 Å². The molecule has 0 bridgehead atoms. The third-order valence-corrected chi connectivity index (χ3v) is 6.35. The van der Waals surface area contributed by atoms with E-state index in [9.17, 15) is 5.11 Å². The number of aromatic hydroxyl groups is 1. The molecule has 146 valence electrons. The Bertz CT molecular complexity index is 852. The summed E-state index contributed by atoms with van der Waals surface area (Å²) in [6, 6.07) is 5.46. The monoisotopic (exact) mass is 425 g/mol. The maximum atomic E-state index is 10.2. The summed E-state index contributed by atoms with van der Waals surface area (Å²) in [5.74, 6) is 0.0419. The van der Waals surface area contributed by atoms with Crippen molar-refractivity contribution in [2.75, 3.05) is 42.8 Å². The molecule has 2 N–H and O–H groups in total. The first kappa shape index (κ1) is 20.5. The van der Waals surface area contributed by atoms with E-state index in [0.717, 1.165) is 31.9 Å². The summed E-state index contributed by atoms with van der Waals surface area (Å²) in [5.41, 5.74) is 6.04. The number of benzene rings is 2. The predicted octanol–water partition coefficient (Wildman–Crippen LogP) is 5.50. The van der Waals surface area contributed by atoms with Gasteiger partial charge in [-0.05, 0) is 68.6 Å². The molecule has 2 aromatic carbocycles. The van der Waals surface area contributed by atoms with Crippen LogP contribution in [0.5, 0.6) is 5.75 Å². The third kappa shape index (κ3) is 4.43. The van der Waals surface area contributed by atoms with Crippen LogP contribution in [0.2, 0.25) is 10.0 Å². The Morgan fingerprint density at radius 2 is 1.67 bits per heavy atom. The van der Waals surface area contributed by atoms with Crippen molar-refractivity contribution < 1.29 is 5.11 Å². The van der Waals surface area contributed by atoms with E-state index in [4.69, 9.17) is 23.2 Å². The lowest BCUT2D eigenvalue weighted by atomic mass is 10.0. The van der Waals surface area contributed by atoms with Gasteiger partial charge in [0, 0.05) is 36.9 Å². The quantitative estimate of drug-likeness (QED) is 0.632. The van der Waals surface area contributed by atoms with Crippen LogP contribution in [0.25, 0.3) is 0 Å². The van der Waals surface area contributed by atoms with Crippen LogP contribution in [0.4, 0.5) is 11.4 Å². The molecule has 0 amide bonds. The average Bonchev–Trinajstić information content (AvgIpc) is 2.60. The van der Waals surface area contributed by atoms with E-state index >= 15 is 0 Å². The third-order valence-electron chi connectivity index (χ3n) is 5.01. The molecule has 1 aliphatic heterocycles. The van der Waals surface area contributed by atoms with Crippen LogP contribution in [-0.4, -0.2) is 43.2 Å². The molecule has 27 heavy (non-hydrogen) atoms. The number of nitrogens with zero attached hydrogens (tertiary/aromatic N) is 2. The molecule has 0 aromatic heterocycles. The fourth-order valence-electron chi connectivity index (χ4n) is 3.58. The average molecular weight is 426 g/mol. The van der Waals surface area contributed by atoms with Gasteiger partial charge in [0.05, 0.1) is 15.6 Å². The largest absolute Gasteiger partial charge is 0.505 e. The molecule has 1 heterocycles. The highest BCUT2D eigenvalue weighted by molar-refractivity contribution is 8.00. The lowest BCUT2D eigenvalue weighted by molar-refractivity contribution is 0.312. The molecule has 0 atom stereocenters. The lowest BCUT2D eigenvalue weighted by Gasteiger charge is -2.36. The highest BCUT2D eigenvalue weighted by atomic mass is 35.5. The van der Waals surface area contributed by atoms with Gasteiger partial charge in [-0.2, -0.15) is 0 Å². The first-order chi connectivity index (χ1) is 12.8. The number of halogens is 2. The first-order valence-electron chi connectivity index (χ1n) is 8.93. The van der Waals surface area contributed by atoms with Crippen molar-refractivity contribution in [3.63, 3.8) is 0 Å². The Kier molecular flexibility index (Phi) is 6.36. The fourth-order valence-corrected chi connectivity index (χ4v) is 5.11. The molecule has 4 nitrogen and oxygen atoms in total. The van der Waals surface area contributed by atoms with E-state index in [2.05, 4.69) is 48.4 Å². The van der Waals surface area contributed by atoms with E-state index in [1.165, 1.54) is 40.4 Å². The summed E-state index contributed by atoms with van der Waals surface area (Å²) >= 11 is 13.4. The van der Waals surface area contributed by atoms with E-state index in [0.29, 0.717) is 9.92 Å². The molecule has 7 heteroatoms. The van der Waals surface area contributed by atoms with Gasteiger partial charge in [0.1, 0.15) is 5.75 Å². The lowest BCUT2D eigenvalue weighted by Crippen LogP contribution is -2.45. The molecule has 0 unspecified atom stereocenters. The van der Waals surface area contributed by atoms with Gasteiger partial charge < -0.3 is 19.6 Å². The first-order valence-corrected chi connectivity index (χ1v) is 10.5. The minimum Gasteiger partial charge on any atom is -0.505 e. The van der Waals surface area contributed by atoms with Crippen molar-refractivity contribution in [1.82, 2.24) is 4.90 Å². The number of phenolic OH excluding ortho intramolecular Hbond substituents is 1. The summed E-state index contributed by atoms with van der Waals surface area (Å²) in [4.78, 5) is 5.43. The van der Waals surface area contributed by atoms with Gasteiger partial charge in [0.15, 0.2) is 0 Å². The van der Waals surface area contributed by atoms with E-state index in [1.807, 2.05) is 0 Å². The van der Waals surface area contributed by atoms with E-state index in [-0.39, 0.29) is 10.8 Å². The van der Waals surface area contributed by atoms with Gasteiger partial charge in [-0.15, -0.1) is 0 Å². The number of hydrogen-bond donors (Lipinski definition) is 2. The van der Waals surface area contributed by atoms with Gasteiger partial charge in [0.25, 0.3) is 0 Å². The second-order valence-corrected chi connectivity index (χ2v) is 8.78. The maximum Gasteiger partial charge on any atom is 0.149 e. The van der Waals surface area contributed by atoms with Gasteiger partial charge >= 0.3 is 0 Å². The topological polar surface area (TPSA) is 38.7 Å². The van der Waals surface area contributed by atoms with Gasteiger partial charge in [-0.1, -0.05) is 29.3 Å². The van der Waals surface area contributed by atoms with Crippen molar-refractivity contribution in [1.29, 1.82) is 0 Å². The molecule has 1 saturated heterocycles. The summed E-state index contributed by atoms with van der Waals surface area (Å²) in [5, 5.41) is 11.0. The van der Waals surface area contributed by atoms with Crippen LogP contribution in [0, 0.1) is 20.8 Å². The Morgan fingerprint density at radius 1 is 1.00 bits per heavy atom. The molecular weight excluding hydrogens is 401 g/mol. The number of likely N-dealkylation sites (N-methyl/N-ethyl adjacent to an activating group) is 1. The summed E-state index contributed by atoms with van der Waals surface area (Å²) in [6.07, 6.45) is 0. The second-order valence-electron chi connectivity index (χ2n) is 7.09. The minimum atomic E-state index is 0.0419. The van der Waals surface area contributed by atoms with Crippen LogP contribution in [0.3, 0.4) is 0 Å². The van der Waals surface area contributed by atoms with Crippen molar-refractivity contribution in [3.8, 4) is 5.75 Å². The summed E-state index contributed by atoms with van der Waals surface area (Å²) in [6.45, 7) is 10.6. The summed E-state index contributed by atoms with van der Waals surface area (Å²) in [7, 11) is 2.17. The fraction of sp³-hybridized carbons (Fsp3) is 0.400. The van der Waals surface area contributed by atoms with Crippen LogP contribution >= 0.6 is 35.1 Å². The van der Waals surface area contributed by atoms with Crippen LogP contribution in [0.1, 0.15) is 16.7 Å². The van der Waals surface area contributed by atoms with Crippen molar-refractivity contribution in [3.05, 3.63) is 44.9 Å². The molecule has 3 rings (SSSR count). The Labute approximate surface area is 175 Å². The van der Waals surface area contributed by atoms with Crippen LogP contribution in [0.15, 0.2) is 23.1 Å². The highest BCUT2D eigenvalue weighted by Gasteiger charge is 2.21. The zero-order valence-corrected chi connectivity index (χ0v) is 18.4. The Morgan fingerprint density at radius 3 is 2.33 bits per heavy atom. The zero-order chi connectivity index (χ0) is 19.7. The van der Waals surface area contributed by atoms with Crippen LogP contribution < -0.4 is 9.62 Å². The molecule has 0 radical (unpaired) electrons. The maximum absolute atomic E-state index is 10.2. The van der Waals surface area contributed by atoms with Gasteiger partial charge in [-0.25, -0.2) is 0 Å². The Balaban J connectivity index is 1.89. The molecule has 1 aliphatic rings. The molecular formula is C20H25Cl2N3OS. The molecule has 1 fully saturated rings. The number of aryl methyl sites for hydroxylation is 2.